The van der Waals surface area contributed by atoms with E-state index in [0.717, 1.165) is 58.7 Å². The number of fused-ring (bicyclic) bond motifs is 2. The van der Waals surface area contributed by atoms with Crippen LogP contribution in [0, 0.1) is 13.8 Å². The predicted octanol–water partition coefficient (Wildman–Crippen LogP) is 3.46. The summed E-state index contributed by atoms with van der Waals surface area (Å²) in [5.41, 5.74) is 2.93. The van der Waals surface area contributed by atoms with Crippen molar-refractivity contribution >= 4 is 21.9 Å². The third kappa shape index (κ3) is 1.76. The average molecular weight is 271 g/mol. The monoisotopic (exact) mass is 271 g/mol. The third-order valence-corrected chi connectivity index (χ3v) is 3.84. The van der Waals surface area contributed by atoms with Gasteiger partial charge in [-0.2, -0.15) is 0 Å². The minimum absolute atomic E-state index is 0.0116. The molecule has 3 heterocycles. The number of nitrogens with one attached hydrogen (secondary N) is 1. The molecule has 0 spiro atoms. The molecule has 1 aromatic carbocycles. The van der Waals surface area contributed by atoms with Gasteiger partial charge in [-0.05, 0) is 32.0 Å². The molecule has 0 bridgehead atoms. The van der Waals surface area contributed by atoms with Crippen molar-refractivity contribution in [2.75, 3.05) is 19.7 Å². The molecule has 1 aliphatic heterocycles. The molecule has 0 saturated carbocycles. The number of hydrogen-bond donors (Lipinski definition) is 1. The number of rotatable bonds is 1. The lowest BCUT2D eigenvalue weighted by molar-refractivity contribution is 0.0289. The van der Waals surface area contributed by atoms with Gasteiger partial charge in [0.15, 0.2) is 0 Å². The van der Waals surface area contributed by atoms with Crippen molar-refractivity contribution in [3.8, 4) is 0 Å². The first-order valence-corrected chi connectivity index (χ1v) is 6.98. The summed E-state index contributed by atoms with van der Waals surface area (Å²) in [5, 5.41) is 5.55. The quantitative estimate of drug-likeness (QED) is 0.736. The van der Waals surface area contributed by atoms with Crippen LogP contribution in [-0.4, -0.2) is 19.7 Å². The first kappa shape index (κ1) is 12.0. The van der Waals surface area contributed by atoms with Crippen molar-refractivity contribution < 1.29 is 13.6 Å². The Labute approximate surface area is 116 Å². The van der Waals surface area contributed by atoms with Crippen LogP contribution in [0.4, 0.5) is 0 Å². The fraction of sp³-hybridized carbons (Fsp3) is 0.375. The summed E-state index contributed by atoms with van der Waals surface area (Å²) in [4.78, 5) is 0. The van der Waals surface area contributed by atoms with Crippen molar-refractivity contribution in [2.24, 2.45) is 0 Å². The maximum absolute atomic E-state index is 5.93. The number of ether oxygens (including phenoxy) is 1. The molecule has 0 amide bonds. The lowest BCUT2D eigenvalue weighted by Crippen LogP contribution is -2.33. The normalized spacial score (nSPS) is 20.0. The molecule has 4 rings (SSSR count). The molecule has 0 radical (unpaired) electrons. The summed E-state index contributed by atoms with van der Waals surface area (Å²) in [6.45, 7) is 6.36. The summed E-state index contributed by atoms with van der Waals surface area (Å²) in [5.74, 6) is 1.82. The first-order chi connectivity index (χ1) is 9.72. The fourth-order valence-corrected chi connectivity index (χ4v) is 3.04. The van der Waals surface area contributed by atoms with Crippen molar-refractivity contribution in [1.82, 2.24) is 5.32 Å². The van der Waals surface area contributed by atoms with Gasteiger partial charge >= 0.3 is 0 Å². The molecule has 3 aromatic rings. The molecule has 4 heteroatoms. The van der Waals surface area contributed by atoms with Crippen LogP contribution in [0.3, 0.4) is 0 Å². The minimum atomic E-state index is 0.0116. The van der Waals surface area contributed by atoms with E-state index < -0.39 is 0 Å². The lowest BCUT2D eigenvalue weighted by atomic mass is 10.0. The van der Waals surface area contributed by atoms with Crippen LogP contribution in [0.1, 0.15) is 23.2 Å². The van der Waals surface area contributed by atoms with E-state index in [1.54, 1.807) is 0 Å². The maximum Gasteiger partial charge on any atom is 0.140 e. The number of hydrogen-bond acceptors (Lipinski definition) is 4. The maximum atomic E-state index is 5.93. The van der Waals surface area contributed by atoms with E-state index >= 15 is 0 Å². The zero-order chi connectivity index (χ0) is 13.7. The van der Waals surface area contributed by atoms with E-state index in [1.165, 1.54) is 0 Å². The van der Waals surface area contributed by atoms with E-state index in [4.69, 9.17) is 13.6 Å². The van der Waals surface area contributed by atoms with Gasteiger partial charge in [-0.15, -0.1) is 0 Å². The number of benzene rings is 1. The molecule has 0 aliphatic carbocycles. The Morgan fingerprint density at radius 3 is 2.75 bits per heavy atom. The van der Waals surface area contributed by atoms with E-state index in [2.05, 4.69) is 11.4 Å². The molecular formula is C16H17NO3. The highest BCUT2D eigenvalue weighted by Crippen LogP contribution is 2.37. The van der Waals surface area contributed by atoms with Crippen LogP contribution in [0.25, 0.3) is 21.9 Å². The zero-order valence-corrected chi connectivity index (χ0v) is 11.7. The molecule has 1 fully saturated rings. The van der Waals surface area contributed by atoms with Crippen molar-refractivity contribution in [1.29, 1.82) is 0 Å². The second-order valence-electron chi connectivity index (χ2n) is 5.40. The van der Waals surface area contributed by atoms with Gasteiger partial charge in [0.05, 0.1) is 12.7 Å². The Bertz CT molecular complexity index is 723. The highest BCUT2D eigenvalue weighted by atomic mass is 16.5. The summed E-state index contributed by atoms with van der Waals surface area (Å²) >= 11 is 0. The Kier molecular flexibility index (Phi) is 2.62. The van der Waals surface area contributed by atoms with Gasteiger partial charge in [0.2, 0.25) is 0 Å². The molecular weight excluding hydrogens is 254 g/mol. The highest BCUT2D eigenvalue weighted by Gasteiger charge is 2.24. The summed E-state index contributed by atoms with van der Waals surface area (Å²) in [6.07, 6.45) is 0.0116. The Morgan fingerprint density at radius 1 is 1.10 bits per heavy atom. The SMILES string of the molecule is Cc1cc2c(C3CNCCO3)c3oc(C)cc3cc2o1. The van der Waals surface area contributed by atoms with Crippen molar-refractivity contribution in [3.05, 3.63) is 35.3 Å². The first-order valence-electron chi connectivity index (χ1n) is 6.98. The van der Waals surface area contributed by atoms with Gasteiger partial charge in [0.25, 0.3) is 0 Å². The Morgan fingerprint density at radius 2 is 1.95 bits per heavy atom. The molecule has 104 valence electrons. The van der Waals surface area contributed by atoms with Gasteiger partial charge < -0.3 is 18.9 Å². The molecule has 4 nitrogen and oxygen atoms in total. The van der Waals surface area contributed by atoms with Crippen LogP contribution >= 0.6 is 0 Å². The minimum Gasteiger partial charge on any atom is -0.461 e. The van der Waals surface area contributed by atoms with E-state index in [0.29, 0.717) is 0 Å². The number of aryl methyl sites for hydroxylation is 2. The highest BCUT2D eigenvalue weighted by molar-refractivity contribution is 5.98. The average Bonchev–Trinajstić information content (AvgIpc) is 2.97. The van der Waals surface area contributed by atoms with E-state index in [1.807, 2.05) is 26.0 Å². The fourth-order valence-electron chi connectivity index (χ4n) is 3.04. The molecule has 1 atom stereocenters. The summed E-state index contributed by atoms with van der Waals surface area (Å²) < 4.78 is 17.7. The van der Waals surface area contributed by atoms with Crippen LogP contribution in [-0.2, 0) is 4.74 Å². The largest absolute Gasteiger partial charge is 0.461 e. The van der Waals surface area contributed by atoms with Crippen LogP contribution in [0.2, 0.25) is 0 Å². The zero-order valence-electron chi connectivity index (χ0n) is 11.7. The molecule has 2 aromatic heterocycles. The molecule has 1 aliphatic rings. The predicted molar refractivity (Wildman–Crippen MR) is 77.0 cm³/mol. The molecule has 1 saturated heterocycles. The molecule has 20 heavy (non-hydrogen) atoms. The van der Waals surface area contributed by atoms with Crippen LogP contribution in [0.15, 0.2) is 27.0 Å². The van der Waals surface area contributed by atoms with Crippen molar-refractivity contribution in [2.45, 2.75) is 20.0 Å². The summed E-state index contributed by atoms with van der Waals surface area (Å²) in [7, 11) is 0. The smallest absolute Gasteiger partial charge is 0.140 e. The van der Waals surface area contributed by atoms with Crippen LogP contribution < -0.4 is 5.32 Å². The van der Waals surface area contributed by atoms with Gasteiger partial charge in [0.1, 0.15) is 22.7 Å². The lowest BCUT2D eigenvalue weighted by Gasteiger charge is -2.24. The van der Waals surface area contributed by atoms with Crippen LogP contribution in [0.5, 0.6) is 0 Å². The number of morpholine rings is 1. The molecule has 1 unspecified atom stereocenters. The number of furan rings is 2. The van der Waals surface area contributed by atoms with E-state index in [-0.39, 0.29) is 6.10 Å². The van der Waals surface area contributed by atoms with Gasteiger partial charge in [-0.3, -0.25) is 0 Å². The Hall–Kier alpha value is -1.78. The third-order valence-electron chi connectivity index (χ3n) is 3.84. The standard InChI is InChI=1S/C16H17NO3/c1-9-5-11-7-13-12(6-10(2)19-13)15(16(11)20-9)14-8-17-3-4-18-14/h5-7,14,17H,3-4,8H2,1-2H3. The molecule has 1 N–H and O–H groups in total. The van der Waals surface area contributed by atoms with Gasteiger partial charge in [-0.25, -0.2) is 0 Å². The van der Waals surface area contributed by atoms with Crippen molar-refractivity contribution in [3.63, 3.8) is 0 Å². The van der Waals surface area contributed by atoms with Gasteiger partial charge in [0, 0.05) is 29.4 Å². The Balaban J connectivity index is 2.04. The second kappa shape index (κ2) is 4.36. The topological polar surface area (TPSA) is 47.5 Å². The van der Waals surface area contributed by atoms with Gasteiger partial charge in [-0.1, -0.05) is 0 Å². The second-order valence-corrected chi connectivity index (χ2v) is 5.40. The summed E-state index contributed by atoms with van der Waals surface area (Å²) in [6, 6.07) is 6.17. The van der Waals surface area contributed by atoms with E-state index in [9.17, 15) is 0 Å².